The van der Waals surface area contributed by atoms with Gasteiger partial charge in [-0.15, -0.1) is 6.42 Å². The third-order valence-corrected chi connectivity index (χ3v) is 3.40. The van der Waals surface area contributed by atoms with Crippen LogP contribution in [0.25, 0.3) is 0 Å². The van der Waals surface area contributed by atoms with Crippen molar-refractivity contribution in [3.63, 3.8) is 0 Å². The van der Waals surface area contributed by atoms with Gasteiger partial charge in [0.1, 0.15) is 0 Å². The third-order valence-electron chi connectivity index (χ3n) is 1.93. The van der Waals surface area contributed by atoms with Gasteiger partial charge in [-0.05, 0) is 12.3 Å². The zero-order valence-corrected chi connectivity index (χ0v) is 10.6. The van der Waals surface area contributed by atoms with E-state index in [2.05, 4.69) is 27.2 Å². The van der Waals surface area contributed by atoms with Gasteiger partial charge in [0, 0.05) is 0 Å². The van der Waals surface area contributed by atoms with Crippen molar-refractivity contribution in [2.24, 2.45) is 5.92 Å². The molecule has 0 spiro atoms. The maximum atomic E-state index is 11.6. The Hall–Kier alpha value is -0.490. The van der Waals surface area contributed by atoms with Gasteiger partial charge in [-0.1, -0.05) is 49.0 Å². The number of terminal acetylenes is 1. The second-order valence-electron chi connectivity index (χ2n) is 3.66. The summed E-state index contributed by atoms with van der Waals surface area (Å²) in [6, 6.07) is -0.133. The van der Waals surface area contributed by atoms with Crippen molar-refractivity contribution in [2.75, 3.05) is 0 Å². The molecule has 0 bridgehead atoms. The molecule has 0 aliphatic heterocycles. The molecule has 0 aromatic carbocycles. The molecule has 1 N–H and O–H groups in total. The van der Waals surface area contributed by atoms with E-state index in [1.807, 2.05) is 20.8 Å². The smallest absolute Gasteiger partial charge is 0.235 e. The molecule has 0 saturated heterocycles. The Morgan fingerprint density at radius 1 is 1.57 bits per heavy atom. The quantitative estimate of drug-likeness (QED) is 0.596. The fraction of sp³-hybridized carbons (Fsp3) is 0.727. The van der Waals surface area contributed by atoms with Crippen LogP contribution in [-0.2, 0) is 4.79 Å². The second kappa shape index (κ2) is 6.89. The van der Waals surface area contributed by atoms with Gasteiger partial charge in [0.2, 0.25) is 5.91 Å². The molecule has 0 aliphatic carbocycles. The highest BCUT2D eigenvalue weighted by Gasteiger charge is 2.20. The van der Waals surface area contributed by atoms with Gasteiger partial charge in [0.25, 0.3) is 0 Å². The average Bonchev–Trinajstić information content (AvgIpc) is 2.15. The van der Waals surface area contributed by atoms with E-state index in [0.29, 0.717) is 0 Å². The van der Waals surface area contributed by atoms with Gasteiger partial charge in [0.05, 0.1) is 10.9 Å². The molecule has 3 heteroatoms. The van der Waals surface area contributed by atoms with E-state index in [4.69, 9.17) is 6.42 Å². The molecule has 0 aliphatic rings. The lowest BCUT2D eigenvalue weighted by Crippen LogP contribution is -2.40. The van der Waals surface area contributed by atoms with Crippen molar-refractivity contribution in [2.45, 2.75) is 44.5 Å². The van der Waals surface area contributed by atoms with E-state index in [-0.39, 0.29) is 22.7 Å². The fourth-order valence-electron chi connectivity index (χ4n) is 1.04. The van der Waals surface area contributed by atoms with E-state index in [9.17, 15) is 4.79 Å². The number of amides is 1. The van der Waals surface area contributed by atoms with Gasteiger partial charge in [-0.2, -0.15) is 0 Å². The molecule has 0 aromatic heterocycles. The number of hydrogen-bond donors (Lipinski definition) is 1. The van der Waals surface area contributed by atoms with Crippen molar-refractivity contribution in [3.05, 3.63) is 0 Å². The van der Waals surface area contributed by atoms with Crippen LogP contribution < -0.4 is 5.32 Å². The van der Waals surface area contributed by atoms with E-state index in [1.165, 1.54) is 0 Å². The van der Waals surface area contributed by atoms with Gasteiger partial charge in [-0.3, -0.25) is 4.79 Å². The van der Waals surface area contributed by atoms with Crippen LogP contribution in [0.15, 0.2) is 0 Å². The zero-order chi connectivity index (χ0) is 11.1. The van der Waals surface area contributed by atoms with Crippen LogP contribution in [-0.4, -0.2) is 16.8 Å². The lowest BCUT2D eigenvalue weighted by Gasteiger charge is -2.17. The lowest BCUT2D eigenvalue weighted by molar-refractivity contribution is -0.121. The van der Waals surface area contributed by atoms with Crippen molar-refractivity contribution < 1.29 is 4.79 Å². The Balaban J connectivity index is 4.10. The monoisotopic (exact) mass is 259 g/mol. The molecule has 0 aromatic rings. The first-order valence-corrected chi connectivity index (χ1v) is 5.85. The number of hydrogen-bond acceptors (Lipinski definition) is 1. The highest BCUT2D eigenvalue weighted by Crippen LogP contribution is 2.12. The van der Waals surface area contributed by atoms with Crippen LogP contribution in [0.3, 0.4) is 0 Å². The first-order valence-electron chi connectivity index (χ1n) is 4.93. The molecule has 80 valence electrons. The fourth-order valence-corrected chi connectivity index (χ4v) is 1.17. The molecular formula is C11H18BrNO. The Morgan fingerprint density at radius 2 is 2.14 bits per heavy atom. The summed E-state index contributed by atoms with van der Waals surface area (Å²) in [5, 5.41) is 2.83. The SMILES string of the molecule is C#CC(CCC)NC(=O)C(Br)C(C)C. The predicted molar refractivity (Wildman–Crippen MR) is 63.2 cm³/mol. The summed E-state index contributed by atoms with van der Waals surface area (Å²) in [6.07, 6.45) is 7.11. The first kappa shape index (κ1) is 13.5. The van der Waals surface area contributed by atoms with Gasteiger partial charge in [-0.25, -0.2) is 0 Å². The predicted octanol–water partition coefficient (Wildman–Crippen LogP) is 2.32. The number of carbonyl (C=O) groups excluding carboxylic acids is 1. The largest absolute Gasteiger partial charge is 0.341 e. The minimum atomic E-state index is -0.157. The molecule has 14 heavy (non-hydrogen) atoms. The minimum Gasteiger partial charge on any atom is -0.341 e. The summed E-state index contributed by atoms with van der Waals surface area (Å²) in [4.78, 5) is 11.4. The van der Waals surface area contributed by atoms with Crippen molar-refractivity contribution >= 4 is 21.8 Å². The summed E-state index contributed by atoms with van der Waals surface area (Å²) < 4.78 is 0. The maximum Gasteiger partial charge on any atom is 0.235 e. The normalized spacial score (nSPS) is 14.6. The molecule has 2 unspecified atom stereocenters. The Labute approximate surface area is 95.0 Å². The van der Waals surface area contributed by atoms with Crippen LogP contribution in [0.2, 0.25) is 0 Å². The summed E-state index contributed by atoms with van der Waals surface area (Å²) in [5.74, 6) is 2.83. The summed E-state index contributed by atoms with van der Waals surface area (Å²) in [5.41, 5.74) is 0. The van der Waals surface area contributed by atoms with Crippen LogP contribution in [0.5, 0.6) is 0 Å². The van der Waals surface area contributed by atoms with Crippen LogP contribution >= 0.6 is 15.9 Å². The van der Waals surface area contributed by atoms with Crippen LogP contribution in [0.4, 0.5) is 0 Å². The van der Waals surface area contributed by atoms with E-state index < -0.39 is 0 Å². The van der Waals surface area contributed by atoms with E-state index in [1.54, 1.807) is 0 Å². The molecule has 0 fully saturated rings. The summed E-state index contributed by atoms with van der Waals surface area (Å²) in [6.45, 7) is 6.03. The van der Waals surface area contributed by atoms with Crippen molar-refractivity contribution in [1.82, 2.24) is 5.32 Å². The number of rotatable bonds is 5. The molecule has 0 heterocycles. The van der Waals surface area contributed by atoms with Crippen molar-refractivity contribution in [3.8, 4) is 12.3 Å². The molecule has 0 rings (SSSR count). The molecular weight excluding hydrogens is 242 g/mol. The molecule has 0 radical (unpaired) electrons. The van der Waals surface area contributed by atoms with Gasteiger partial charge < -0.3 is 5.32 Å². The minimum absolute atomic E-state index is 0.0172. The molecule has 0 saturated carbocycles. The number of alkyl halides is 1. The molecule has 1 amide bonds. The number of carbonyl (C=O) groups is 1. The number of halogens is 1. The lowest BCUT2D eigenvalue weighted by atomic mass is 10.1. The van der Waals surface area contributed by atoms with Crippen molar-refractivity contribution in [1.29, 1.82) is 0 Å². The summed E-state index contributed by atoms with van der Waals surface area (Å²) in [7, 11) is 0. The highest BCUT2D eigenvalue weighted by molar-refractivity contribution is 9.10. The van der Waals surface area contributed by atoms with Gasteiger partial charge in [0.15, 0.2) is 0 Å². The van der Waals surface area contributed by atoms with Crippen LogP contribution in [0, 0.1) is 18.3 Å². The third kappa shape index (κ3) is 4.66. The average molecular weight is 260 g/mol. The highest BCUT2D eigenvalue weighted by atomic mass is 79.9. The molecule has 2 atom stereocenters. The summed E-state index contributed by atoms with van der Waals surface area (Å²) >= 11 is 3.34. The second-order valence-corrected chi connectivity index (χ2v) is 4.65. The zero-order valence-electron chi connectivity index (χ0n) is 9.01. The standard InChI is InChI=1S/C11H18BrNO/c1-5-7-9(6-2)13-11(14)10(12)8(3)4/h2,8-10H,5,7H2,1,3-4H3,(H,13,14). The van der Waals surface area contributed by atoms with E-state index in [0.717, 1.165) is 12.8 Å². The molecule has 2 nitrogen and oxygen atoms in total. The Kier molecular flexibility index (Phi) is 6.65. The maximum absolute atomic E-state index is 11.6. The number of nitrogens with one attached hydrogen (secondary N) is 1. The van der Waals surface area contributed by atoms with E-state index >= 15 is 0 Å². The van der Waals surface area contributed by atoms with Gasteiger partial charge >= 0.3 is 0 Å². The Bertz CT molecular complexity index is 220. The topological polar surface area (TPSA) is 29.1 Å². The first-order chi connectivity index (χ1) is 6.52. The Morgan fingerprint density at radius 3 is 2.50 bits per heavy atom. The van der Waals surface area contributed by atoms with Crippen LogP contribution in [0.1, 0.15) is 33.6 Å².